The number of furan rings is 1. The fraction of sp³-hybridized carbons (Fsp3) is 0.667. The Kier molecular flexibility index (Phi) is 13.3. The highest BCUT2D eigenvalue weighted by Gasteiger charge is 2.01. The predicted octanol–water partition coefficient (Wildman–Crippen LogP) is 1.57. The van der Waals surface area contributed by atoms with Gasteiger partial charge in [0, 0.05) is 53.4 Å². The zero-order valence-corrected chi connectivity index (χ0v) is 16.1. The molecule has 0 amide bonds. The number of halogens is 1. The average molecular weight is 424 g/mol. The van der Waals surface area contributed by atoms with Gasteiger partial charge in [0.15, 0.2) is 5.96 Å². The van der Waals surface area contributed by atoms with Crippen molar-refractivity contribution < 1.29 is 9.15 Å². The van der Waals surface area contributed by atoms with Crippen molar-refractivity contribution >= 4 is 29.9 Å². The Hall–Kier alpha value is -0.800. The van der Waals surface area contributed by atoms with Crippen LogP contribution in [0.3, 0.4) is 0 Å². The number of nitrogens with one attached hydrogen (secondary N) is 2. The predicted molar refractivity (Wildman–Crippen MR) is 101 cm³/mol. The standard InChI is InChI=1S/C15H28N4O2.HI/c1-16-15(17-8-7-14-6-4-13-21-14)18-9-11-19(2)10-5-12-20-3;/h4,6,13H,5,7-12H2,1-3H3,(H2,16,17,18);1H. The van der Waals surface area contributed by atoms with E-state index in [9.17, 15) is 0 Å². The number of hydrogen-bond acceptors (Lipinski definition) is 4. The highest BCUT2D eigenvalue weighted by atomic mass is 127. The molecule has 0 unspecified atom stereocenters. The average Bonchev–Trinajstić information content (AvgIpc) is 2.99. The van der Waals surface area contributed by atoms with Crippen LogP contribution < -0.4 is 10.6 Å². The zero-order chi connectivity index (χ0) is 15.3. The summed E-state index contributed by atoms with van der Waals surface area (Å²) in [6.07, 6.45) is 3.61. The Morgan fingerprint density at radius 2 is 2.09 bits per heavy atom. The third-order valence-corrected chi connectivity index (χ3v) is 3.14. The van der Waals surface area contributed by atoms with Crippen LogP contribution in [0.15, 0.2) is 27.8 Å². The van der Waals surface area contributed by atoms with Crippen LogP contribution in [0.25, 0.3) is 0 Å². The van der Waals surface area contributed by atoms with Gasteiger partial charge in [-0.2, -0.15) is 0 Å². The molecule has 0 radical (unpaired) electrons. The summed E-state index contributed by atoms with van der Waals surface area (Å²) in [5, 5.41) is 6.58. The van der Waals surface area contributed by atoms with Crippen molar-refractivity contribution in [1.29, 1.82) is 0 Å². The summed E-state index contributed by atoms with van der Waals surface area (Å²) in [7, 11) is 5.63. The van der Waals surface area contributed by atoms with Crippen molar-refractivity contribution in [2.24, 2.45) is 4.99 Å². The zero-order valence-electron chi connectivity index (χ0n) is 13.8. The summed E-state index contributed by atoms with van der Waals surface area (Å²) in [6.45, 7) is 4.50. The molecule has 2 N–H and O–H groups in total. The van der Waals surface area contributed by atoms with Crippen LogP contribution in [0.4, 0.5) is 0 Å². The molecule has 7 heteroatoms. The van der Waals surface area contributed by atoms with Gasteiger partial charge in [0.05, 0.1) is 6.26 Å². The number of hydrogen-bond donors (Lipinski definition) is 2. The van der Waals surface area contributed by atoms with Crippen LogP contribution in [0.1, 0.15) is 12.2 Å². The first kappa shape index (κ1) is 21.2. The fourth-order valence-electron chi connectivity index (χ4n) is 1.94. The van der Waals surface area contributed by atoms with Gasteiger partial charge >= 0.3 is 0 Å². The van der Waals surface area contributed by atoms with E-state index in [4.69, 9.17) is 9.15 Å². The molecule has 22 heavy (non-hydrogen) atoms. The van der Waals surface area contributed by atoms with E-state index in [2.05, 4.69) is 27.6 Å². The van der Waals surface area contributed by atoms with Crippen LogP contribution >= 0.6 is 24.0 Å². The molecule has 0 saturated heterocycles. The van der Waals surface area contributed by atoms with Gasteiger partial charge in [-0.3, -0.25) is 4.99 Å². The first-order valence-electron chi connectivity index (χ1n) is 7.40. The van der Waals surface area contributed by atoms with Crippen LogP contribution in [-0.2, 0) is 11.2 Å². The molecule has 0 aliphatic heterocycles. The largest absolute Gasteiger partial charge is 0.469 e. The van der Waals surface area contributed by atoms with Crippen molar-refractivity contribution in [3.8, 4) is 0 Å². The third-order valence-electron chi connectivity index (χ3n) is 3.14. The van der Waals surface area contributed by atoms with E-state index in [-0.39, 0.29) is 24.0 Å². The second-order valence-electron chi connectivity index (χ2n) is 4.90. The normalized spacial score (nSPS) is 11.4. The molecule has 1 heterocycles. The molecule has 128 valence electrons. The van der Waals surface area contributed by atoms with Crippen molar-refractivity contribution in [1.82, 2.24) is 15.5 Å². The number of likely N-dealkylation sites (N-methyl/N-ethyl adjacent to an activating group) is 1. The monoisotopic (exact) mass is 424 g/mol. The highest BCUT2D eigenvalue weighted by Crippen LogP contribution is 1.99. The number of guanidine groups is 1. The second kappa shape index (κ2) is 13.8. The van der Waals surface area contributed by atoms with Gasteiger partial charge in [-0.15, -0.1) is 24.0 Å². The Balaban J connectivity index is 0.00000441. The van der Waals surface area contributed by atoms with Gasteiger partial charge in [0.25, 0.3) is 0 Å². The maximum Gasteiger partial charge on any atom is 0.191 e. The van der Waals surface area contributed by atoms with Crippen LogP contribution in [0.5, 0.6) is 0 Å². The lowest BCUT2D eigenvalue weighted by atomic mass is 10.3. The summed E-state index contributed by atoms with van der Waals surface area (Å²) < 4.78 is 10.3. The Labute approximate surface area is 150 Å². The first-order valence-corrected chi connectivity index (χ1v) is 7.40. The molecule has 0 aliphatic carbocycles. The van der Waals surface area contributed by atoms with Gasteiger partial charge in [-0.25, -0.2) is 0 Å². The maximum absolute atomic E-state index is 5.29. The van der Waals surface area contributed by atoms with E-state index >= 15 is 0 Å². The molecule has 1 aromatic heterocycles. The molecule has 0 atom stereocenters. The van der Waals surface area contributed by atoms with Crippen molar-refractivity contribution in [2.45, 2.75) is 12.8 Å². The molecule has 0 saturated carbocycles. The molecular formula is C15H29IN4O2. The van der Waals surface area contributed by atoms with Gasteiger partial charge in [-0.05, 0) is 25.6 Å². The maximum atomic E-state index is 5.29. The molecule has 1 aromatic rings. The van der Waals surface area contributed by atoms with Gasteiger partial charge < -0.3 is 24.7 Å². The lowest BCUT2D eigenvalue weighted by Gasteiger charge is -2.18. The highest BCUT2D eigenvalue weighted by molar-refractivity contribution is 14.0. The number of methoxy groups -OCH3 is 1. The Bertz CT molecular complexity index is 385. The molecule has 0 fully saturated rings. The lowest BCUT2D eigenvalue weighted by Crippen LogP contribution is -2.41. The van der Waals surface area contributed by atoms with Gasteiger partial charge in [-0.1, -0.05) is 0 Å². The number of nitrogens with zero attached hydrogens (tertiary/aromatic N) is 2. The molecular weight excluding hydrogens is 395 g/mol. The summed E-state index contributed by atoms with van der Waals surface area (Å²) in [6, 6.07) is 3.88. The van der Waals surface area contributed by atoms with Crippen molar-refractivity contribution in [3.63, 3.8) is 0 Å². The van der Waals surface area contributed by atoms with E-state index in [0.717, 1.165) is 57.3 Å². The van der Waals surface area contributed by atoms with Crippen LogP contribution in [0.2, 0.25) is 0 Å². The van der Waals surface area contributed by atoms with Crippen molar-refractivity contribution in [2.75, 3.05) is 54.0 Å². The number of ether oxygens (including phenoxy) is 1. The summed E-state index contributed by atoms with van der Waals surface area (Å²) in [5.74, 6) is 1.81. The number of aliphatic imine (C=N–C) groups is 1. The van der Waals surface area contributed by atoms with Crippen LogP contribution in [-0.4, -0.2) is 64.9 Å². The molecule has 0 spiro atoms. The van der Waals surface area contributed by atoms with E-state index in [1.807, 2.05) is 12.1 Å². The number of rotatable bonds is 10. The molecule has 0 aliphatic rings. The van der Waals surface area contributed by atoms with E-state index in [1.165, 1.54) is 0 Å². The van der Waals surface area contributed by atoms with E-state index in [0.29, 0.717) is 0 Å². The van der Waals surface area contributed by atoms with Gasteiger partial charge in [0.2, 0.25) is 0 Å². The summed E-state index contributed by atoms with van der Waals surface area (Å²) in [4.78, 5) is 6.48. The second-order valence-corrected chi connectivity index (χ2v) is 4.90. The fourth-order valence-corrected chi connectivity index (χ4v) is 1.94. The molecule has 0 aromatic carbocycles. The SMILES string of the molecule is CN=C(NCCc1ccco1)NCCN(C)CCCOC.I. The first-order chi connectivity index (χ1) is 10.3. The summed E-state index contributed by atoms with van der Waals surface area (Å²) in [5.41, 5.74) is 0. The minimum absolute atomic E-state index is 0. The topological polar surface area (TPSA) is 62.0 Å². The van der Waals surface area contributed by atoms with E-state index < -0.39 is 0 Å². The molecule has 6 nitrogen and oxygen atoms in total. The Morgan fingerprint density at radius 3 is 2.73 bits per heavy atom. The molecule has 1 rings (SSSR count). The third kappa shape index (κ3) is 10.0. The van der Waals surface area contributed by atoms with Gasteiger partial charge in [0.1, 0.15) is 5.76 Å². The Morgan fingerprint density at radius 1 is 1.32 bits per heavy atom. The quantitative estimate of drug-likeness (QED) is 0.259. The molecule has 0 bridgehead atoms. The van der Waals surface area contributed by atoms with Crippen molar-refractivity contribution in [3.05, 3.63) is 24.2 Å². The lowest BCUT2D eigenvalue weighted by molar-refractivity contribution is 0.180. The smallest absolute Gasteiger partial charge is 0.191 e. The summed E-state index contributed by atoms with van der Waals surface area (Å²) >= 11 is 0. The minimum atomic E-state index is 0. The van der Waals surface area contributed by atoms with E-state index in [1.54, 1.807) is 20.4 Å². The minimum Gasteiger partial charge on any atom is -0.469 e. The van der Waals surface area contributed by atoms with Crippen LogP contribution in [0, 0.1) is 0 Å².